The number of nitrogens with zero attached hydrogens (tertiary/aromatic N) is 4. The average Bonchev–Trinajstić information content (AvgIpc) is 2.97. The summed E-state index contributed by atoms with van der Waals surface area (Å²) >= 11 is 0. The van der Waals surface area contributed by atoms with E-state index >= 15 is 0 Å². The third-order valence-electron chi connectivity index (χ3n) is 4.96. The molecule has 0 radical (unpaired) electrons. The van der Waals surface area contributed by atoms with E-state index in [1.165, 1.54) is 6.33 Å². The van der Waals surface area contributed by atoms with Gasteiger partial charge in [0.15, 0.2) is 5.60 Å². The molecule has 1 aromatic heterocycles. The topological polar surface area (TPSA) is 79.7 Å². The fraction of sp³-hybridized carbons (Fsp3) is 0.625. The zero-order valence-corrected chi connectivity index (χ0v) is 13.6. The fourth-order valence-electron chi connectivity index (χ4n) is 3.66. The van der Waals surface area contributed by atoms with Crippen LogP contribution in [0.3, 0.4) is 0 Å². The Morgan fingerprint density at radius 2 is 2.24 bits per heavy atom. The van der Waals surface area contributed by atoms with Crippen molar-refractivity contribution in [1.29, 1.82) is 0 Å². The van der Waals surface area contributed by atoms with Crippen LogP contribution in [-0.4, -0.2) is 52.2 Å². The first-order chi connectivity index (χ1) is 11.9. The van der Waals surface area contributed by atoms with Crippen LogP contribution in [0.25, 0.3) is 0 Å². The van der Waals surface area contributed by atoms with Crippen molar-refractivity contribution in [3.63, 3.8) is 0 Å². The largest absolute Gasteiger partial charge is 0.386 e. The molecule has 0 unspecified atom stereocenters. The first kappa shape index (κ1) is 16.2. The number of nitrogens with one attached hydrogen (secondary N) is 1. The van der Waals surface area contributed by atoms with E-state index in [1.807, 2.05) is 6.07 Å². The van der Waals surface area contributed by atoms with Crippen LogP contribution in [0.1, 0.15) is 32.1 Å². The van der Waals surface area contributed by atoms with E-state index in [0.29, 0.717) is 13.0 Å². The zero-order chi connectivity index (χ0) is 17.5. The molecule has 1 aliphatic carbocycles. The lowest BCUT2D eigenvalue weighted by Crippen LogP contribution is -2.53. The maximum Gasteiger partial charge on any atom is 0.269 e. The van der Waals surface area contributed by atoms with Gasteiger partial charge in [-0.05, 0) is 18.9 Å². The van der Waals surface area contributed by atoms with Crippen molar-refractivity contribution in [3.8, 4) is 0 Å². The molecule has 7 nitrogen and oxygen atoms in total. The van der Waals surface area contributed by atoms with Crippen molar-refractivity contribution < 1.29 is 18.4 Å². The van der Waals surface area contributed by atoms with Crippen LogP contribution < -0.4 is 10.2 Å². The number of alkyl halides is 2. The van der Waals surface area contributed by atoms with Gasteiger partial charge in [0.1, 0.15) is 17.9 Å². The Labute approximate surface area is 143 Å². The SMILES string of the molecule is O=C(NC1CC(F)(F)C1)C1=NO[C@]2(CCCN(c3ccncn3)C2)C1. The average molecular weight is 351 g/mol. The smallest absolute Gasteiger partial charge is 0.269 e. The highest BCUT2D eigenvalue weighted by atomic mass is 19.3. The van der Waals surface area contributed by atoms with E-state index < -0.39 is 23.5 Å². The van der Waals surface area contributed by atoms with Crippen LogP contribution in [0.15, 0.2) is 23.7 Å². The third-order valence-corrected chi connectivity index (χ3v) is 4.96. The molecule has 0 aromatic carbocycles. The number of oxime groups is 1. The van der Waals surface area contributed by atoms with Gasteiger partial charge in [-0.15, -0.1) is 0 Å². The molecule has 9 heteroatoms. The standard InChI is InChI=1S/C16H19F2N5O2/c17-16(18)6-11(7-16)21-14(24)12-8-15(25-22-12)3-1-5-23(9-15)13-2-4-19-10-20-13/h2,4,10-11H,1,3,5-9H2,(H,21,24)/t15-/m1/s1. The highest BCUT2D eigenvalue weighted by Gasteiger charge is 2.48. The van der Waals surface area contributed by atoms with E-state index in [2.05, 4.69) is 25.3 Å². The number of aromatic nitrogens is 2. The number of piperidine rings is 1. The summed E-state index contributed by atoms with van der Waals surface area (Å²) in [6, 6.07) is 1.35. The summed E-state index contributed by atoms with van der Waals surface area (Å²) in [7, 11) is 0. The molecule has 1 spiro atoms. The Morgan fingerprint density at radius 1 is 1.40 bits per heavy atom. The number of halogens is 2. The monoisotopic (exact) mass is 351 g/mol. The second-order valence-corrected chi connectivity index (χ2v) is 7.02. The van der Waals surface area contributed by atoms with Crippen LogP contribution in [0, 0.1) is 0 Å². The second kappa shape index (κ2) is 5.89. The molecule has 2 aliphatic heterocycles. The van der Waals surface area contributed by atoms with Crippen LogP contribution in [0.5, 0.6) is 0 Å². The Bertz CT molecular complexity index is 691. The van der Waals surface area contributed by atoms with Gasteiger partial charge in [0.25, 0.3) is 11.8 Å². The number of hydrogen-bond acceptors (Lipinski definition) is 6. The number of carbonyl (C=O) groups is 1. The Balaban J connectivity index is 1.36. The number of anilines is 1. The van der Waals surface area contributed by atoms with Gasteiger partial charge in [-0.1, -0.05) is 5.16 Å². The van der Waals surface area contributed by atoms with Gasteiger partial charge >= 0.3 is 0 Å². The summed E-state index contributed by atoms with van der Waals surface area (Å²) in [4.78, 5) is 28.1. The van der Waals surface area contributed by atoms with Crippen molar-refractivity contribution >= 4 is 17.4 Å². The number of rotatable bonds is 3. The van der Waals surface area contributed by atoms with E-state index in [0.717, 1.165) is 25.2 Å². The quantitative estimate of drug-likeness (QED) is 0.893. The van der Waals surface area contributed by atoms with E-state index in [-0.39, 0.29) is 18.6 Å². The molecule has 25 heavy (non-hydrogen) atoms. The maximum absolute atomic E-state index is 12.9. The molecule has 4 rings (SSSR count). The Kier molecular flexibility index (Phi) is 3.81. The van der Waals surface area contributed by atoms with Gasteiger partial charge in [0, 0.05) is 38.0 Å². The lowest BCUT2D eigenvalue weighted by Gasteiger charge is -2.38. The highest BCUT2D eigenvalue weighted by molar-refractivity contribution is 6.39. The molecule has 3 aliphatic rings. The van der Waals surface area contributed by atoms with Crippen LogP contribution in [-0.2, 0) is 9.63 Å². The maximum atomic E-state index is 12.9. The lowest BCUT2D eigenvalue weighted by molar-refractivity contribution is -0.123. The molecule has 1 amide bonds. The molecular weight excluding hydrogens is 332 g/mol. The number of amides is 1. The minimum absolute atomic E-state index is 0.278. The molecule has 2 fully saturated rings. The summed E-state index contributed by atoms with van der Waals surface area (Å²) in [6.07, 6.45) is 4.63. The van der Waals surface area contributed by atoms with Crippen molar-refractivity contribution in [2.75, 3.05) is 18.0 Å². The highest BCUT2D eigenvalue weighted by Crippen LogP contribution is 2.38. The molecule has 1 saturated carbocycles. The first-order valence-corrected chi connectivity index (χ1v) is 8.40. The first-order valence-electron chi connectivity index (χ1n) is 8.40. The second-order valence-electron chi connectivity index (χ2n) is 7.02. The van der Waals surface area contributed by atoms with Gasteiger partial charge in [-0.3, -0.25) is 4.79 Å². The normalized spacial score (nSPS) is 28.2. The summed E-state index contributed by atoms with van der Waals surface area (Å²) < 4.78 is 25.8. The third kappa shape index (κ3) is 3.27. The predicted molar refractivity (Wildman–Crippen MR) is 85.5 cm³/mol. The molecule has 1 aromatic rings. The molecule has 3 heterocycles. The lowest BCUT2D eigenvalue weighted by atomic mass is 9.86. The molecule has 1 N–H and O–H groups in total. The van der Waals surface area contributed by atoms with Crippen molar-refractivity contribution in [1.82, 2.24) is 15.3 Å². The Hall–Kier alpha value is -2.32. The summed E-state index contributed by atoms with van der Waals surface area (Å²) in [5.74, 6) is -2.25. The molecule has 134 valence electrons. The van der Waals surface area contributed by atoms with Crippen molar-refractivity contribution in [2.24, 2.45) is 5.16 Å². The minimum Gasteiger partial charge on any atom is -0.386 e. The predicted octanol–water partition coefficient (Wildman–Crippen LogP) is 1.51. The van der Waals surface area contributed by atoms with Gasteiger partial charge in [0.05, 0.1) is 6.54 Å². The van der Waals surface area contributed by atoms with E-state index in [1.54, 1.807) is 6.20 Å². The fourth-order valence-corrected chi connectivity index (χ4v) is 3.66. The van der Waals surface area contributed by atoms with Gasteiger partial charge < -0.3 is 15.1 Å². The van der Waals surface area contributed by atoms with E-state index in [9.17, 15) is 13.6 Å². The summed E-state index contributed by atoms with van der Waals surface area (Å²) in [5.41, 5.74) is -0.279. The molecule has 1 saturated heterocycles. The molecule has 0 bridgehead atoms. The van der Waals surface area contributed by atoms with Crippen LogP contribution in [0.2, 0.25) is 0 Å². The number of hydrogen-bond donors (Lipinski definition) is 1. The summed E-state index contributed by atoms with van der Waals surface area (Å²) in [6.45, 7) is 1.42. The zero-order valence-electron chi connectivity index (χ0n) is 13.6. The molecular formula is C16H19F2N5O2. The van der Waals surface area contributed by atoms with Gasteiger partial charge in [0.2, 0.25) is 0 Å². The molecule has 1 atom stereocenters. The van der Waals surface area contributed by atoms with Gasteiger partial charge in [-0.25, -0.2) is 18.7 Å². The van der Waals surface area contributed by atoms with Gasteiger partial charge in [-0.2, -0.15) is 0 Å². The van der Waals surface area contributed by atoms with Crippen LogP contribution >= 0.6 is 0 Å². The minimum atomic E-state index is -2.66. The van der Waals surface area contributed by atoms with Crippen LogP contribution in [0.4, 0.5) is 14.6 Å². The van der Waals surface area contributed by atoms with E-state index in [4.69, 9.17) is 4.84 Å². The van der Waals surface area contributed by atoms with Crippen molar-refractivity contribution in [2.45, 2.75) is 49.7 Å². The van der Waals surface area contributed by atoms with Crippen molar-refractivity contribution in [3.05, 3.63) is 18.6 Å². The Morgan fingerprint density at radius 3 is 2.96 bits per heavy atom. The summed E-state index contributed by atoms with van der Waals surface area (Å²) in [5, 5.41) is 6.56. The number of carbonyl (C=O) groups excluding carboxylic acids is 1.